The number of esters is 1. The Morgan fingerprint density at radius 1 is 1.14 bits per heavy atom. The van der Waals surface area contributed by atoms with Gasteiger partial charge in [0.05, 0.1) is 6.33 Å². The fourth-order valence-corrected chi connectivity index (χ4v) is 3.17. The van der Waals surface area contributed by atoms with Crippen LogP contribution in [0.15, 0.2) is 58.0 Å². The van der Waals surface area contributed by atoms with E-state index in [1.54, 1.807) is 18.2 Å². The Morgan fingerprint density at radius 2 is 1.93 bits per heavy atom. The summed E-state index contributed by atoms with van der Waals surface area (Å²) in [4.78, 5) is 41.4. The molecule has 2 aromatic heterocycles. The van der Waals surface area contributed by atoms with Gasteiger partial charge >= 0.3 is 5.97 Å². The van der Waals surface area contributed by atoms with E-state index in [0.29, 0.717) is 16.7 Å². The van der Waals surface area contributed by atoms with E-state index >= 15 is 0 Å². The molecule has 146 valence electrons. The minimum atomic E-state index is -0.706. The largest absolute Gasteiger partial charge is 0.456 e. The van der Waals surface area contributed by atoms with Crippen LogP contribution in [0.1, 0.15) is 21.5 Å². The third-order valence-electron chi connectivity index (χ3n) is 4.71. The van der Waals surface area contributed by atoms with E-state index in [-0.39, 0.29) is 17.9 Å². The molecular weight excluding hydrogens is 372 g/mol. The molecule has 0 saturated heterocycles. The fraction of sp³-hybridized carbons (Fsp3) is 0.182. The Kier molecular flexibility index (Phi) is 4.72. The van der Waals surface area contributed by atoms with E-state index in [0.717, 1.165) is 21.1 Å². The summed E-state index contributed by atoms with van der Waals surface area (Å²) in [6.45, 7) is 2.95. The maximum Gasteiger partial charge on any atom is 0.326 e. The Labute approximate surface area is 165 Å². The average Bonchev–Trinajstić information content (AvgIpc) is 3.09. The Hall–Kier alpha value is -3.74. The molecule has 0 aliphatic heterocycles. The number of carbonyl (C=O) groups is 2. The second kappa shape index (κ2) is 7.35. The highest BCUT2D eigenvalue weighted by Crippen LogP contribution is 2.24. The number of aryl methyl sites for hydroxylation is 2. The number of nitrogens with zero attached hydrogens (tertiary/aromatic N) is 2. The number of hydrogen-bond acceptors (Lipinski definition) is 6. The molecule has 2 aromatic carbocycles. The Bertz CT molecular complexity index is 1320. The lowest BCUT2D eigenvalue weighted by Crippen LogP contribution is -2.26. The molecule has 0 radical (unpaired) electrons. The van der Waals surface area contributed by atoms with Gasteiger partial charge in [-0.3, -0.25) is 19.0 Å². The van der Waals surface area contributed by atoms with Crippen molar-refractivity contribution in [3.63, 3.8) is 0 Å². The van der Waals surface area contributed by atoms with Crippen molar-refractivity contribution < 1.29 is 18.7 Å². The summed E-state index contributed by atoms with van der Waals surface area (Å²) < 4.78 is 11.8. The first-order valence-electron chi connectivity index (χ1n) is 9.07. The third-order valence-corrected chi connectivity index (χ3v) is 4.71. The number of ether oxygens (including phenoxy) is 1. The summed E-state index contributed by atoms with van der Waals surface area (Å²) in [5, 5.41) is 0.730. The molecular formula is C22H18N2O5. The highest BCUT2D eigenvalue weighted by molar-refractivity contribution is 6.02. The first-order chi connectivity index (χ1) is 13.9. The molecule has 0 saturated carbocycles. The first-order valence-corrected chi connectivity index (χ1v) is 9.07. The van der Waals surface area contributed by atoms with E-state index in [2.05, 4.69) is 4.98 Å². The number of benzene rings is 2. The number of carbonyl (C=O) groups excluding carboxylic acids is 2. The van der Waals surface area contributed by atoms with Crippen molar-refractivity contribution in [2.75, 3.05) is 6.61 Å². The van der Waals surface area contributed by atoms with Crippen molar-refractivity contribution in [3.8, 4) is 0 Å². The van der Waals surface area contributed by atoms with Crippen molar-refractivity contribution in [2.45, 2.75) is 20.4 Å². The number of hydrogen-bond donors (Lipinski definition) is 0. The molecule has 0 atom stereocenters. The molecule has 4 rings (SSSR count). The Balaban J connectivity index is 1.50. The van der Waals surface area contributed by atoms with Crippen molar-refractivity contribution in [1.29, 1.82) is 0 Å². The third kappa shape index (κ3) is 3.54. The zero-order valence-electron chi connectivity index (χ0n) is 16.0. The van der Waals surface area contributed by atoms with Gasteiger partial charge in [0.25, 0.3) is 5.56 Å². The molecule has 7 nitrogen and oxygen atoms in total. The van der Waals surface area contributed by atoms with Gasteiger partial charge in [0.15, 0.2) is 6.61 Å². The van der Waals surface area contributed by atoms with Crippen molar-refractivity contribution in [2.24, 2.45) is 0 Å². The molecule has 0 N–H and O–H groups in total. The molecule has 0 aliphatic rings. The number of rotatable bonds is 5. The van der Waals surface area contributed by atoms with Crippen LogP contribution in [0.3, 0.4) is 0 Å². The molecule has 7 heteroatoms. The lowest BCUT2D eigenvalue weighted by atomic mass is 10.0. The molecule has 0 unspecified atom stereocenters. The van der Waals surface area contributed by atoms with Crippen molar-refractivity contribution in [3.05, 3.63) is 75.8 Å². The lowest BCUT2D eigenvalue weighted by molar-refractivity contribution is -0.143. The predicted octanol–water partition coefficient (Wildman–Crippen LogP) is 3.19. The molecule has 29 heavy (non-hydrogen) atoms. The van der Waals surface area contributed by atoms with Gasteiger partial charge in [-0.1, -0.05) is 29.8 Å². The van der Waals surface area contributed by atoms with Crippen LogP contribution in [0.2, 0.25) is 0 Å². The predicted molar refractivity (Wildman–Crippen MR) is 107 cm³/mol. The van der Waals surface area contributed by atoms with E-state index in [9.17, 15) is 14.4 Å². The van der Waals surface area contributed by atoms with Crippen LogP contribution in [0.4, 0.5) is 0 Å². The summed E-state index contributed by atoms with van der Waals surface area (Å²) >= 11 is 0. The van der Waals surface area contributed by atoms with Gasteiger partial charge in [-0.15, -0.1) is 0 Å². The highest BCUT2D eigenvalue weighted by Gasteiger charge is 2.16. The van der Waals surface area contributed by atoms with Crippen LogP contribution in [0.25, 0.3) is 22.1 Å². The normalized spacial score (nSPS) is 11.1. The van der Waals surface area contributed by atoms with Gasteiger partial charge in [-0.05, 0) is 37.6 Å². The summed E-state index contributed by atoms with van der Waals surface area (Å²) in [6, 6.07) is 12.7. The van der Waals surface area contributed by atoms with Crippen LogP contribution in [0, 0.1) is 13.8 Å². The van der Waals surface area contributed by atoms with Gasteiger partial charge in [-0.25, -0.2) is 4.98 Å². The summed E-state index contributed by atoms with van der Waals surface area (Å²) in [5.41, 5.74) is 2.86. The van der Waals surface area contributed by atoms with Crippen LogP contribution >= 0.6 is 0 Å². The van der Waals surface area contributed by atoms with Gasteiger partial charge < -0.3 is 9.15 Å². The van der Waals surface area contributed by atoms with Crippen LogP contribution in [-0.4, -0.2) is 27.9 Å². The summed E-state index contributed by atoms with van der Waals surface area (Å²) in [7, 11) is 0. The monoisotopic (exact) mass is 390 g/mol. The number of aromatic nitrogens is 2. The van der Waals surface area contributed by atoms with Crippen molar-refractivity contribution >= 4 is 33.8 Å². The Morgan fingerprint density at radius 3 is 2.76 bits per heavy atom. The minimum absolute atomic E-state index is 0.0768. The van der Waals surface area contributed by atoms with Crippen LogP contribution in [0.5, 0.6) is 0 Å². The SMILES string of the molecule is Cc1ccc(C)c(C(=O)COC(=O)Cn2cnc3c(oc4ccccc43)c2=O)c1. The molecule has 0 aliphatic carbocycles. The molecule has 0 fully saturated rings. The number of ketones is 1. The average molecular weight is 390 g/mol. The van der Waals surface area contributed by atoms with E-state index in [1.165, 1.54) is 6.33 Å². The maximum atomic E-state index is 12.6. The topological polar surface area (TPSA) is 91.4 Å². The van der Waals surface area contributed by atoms with Gasteiger partial charge in [-0.2, -0.15) is 0 Å². The van der Waals surface area contributed by atoms with Gasteiger partial charge in [0.1, 0.15) is 17.6 Å². The number of Topliss-reactive ketones (excluding diaryl/α,β-unsaturated/α-hetero) is 1. The van der Waals surface area contributed by atoms with Crippen LogP contribution < -0.4 is 5.56 Å². The minimum Gasteiger partial charge on any atom is -0.456 e. The van der Waals surface area contributed by atoms with Gasteiger partial charge in [0, 0.05) is 10.9 Å². The summed E-state index contributed by atoms with van der Waals surface area (Å²) in [5.74, 6) is -0.999. The second-order valence-electron chi connectivity index (χ2n) is 6.86. The highest BCUT2D eigenvalue weighted by atomic mass is 16.5. The lowest BCUT2D eigenvalue weighted by Gasteiger charge is -2.08. The first kappa shape index (κ1) is 18.6. The zero-order chi connectivity index (χ0) is 20.5. The number of fused-ring (bicyclic) bond motifs is 3. The maximum absolute atomic E-state index is 12.6. The quantitative estimate of drug-likeness (QED) is 0.384. The smallest absolute Gasteiger partial charge is 0.326 e. The molecule has 0 bridgehead atoms. The molecule has 2 heterocycles. The molecule has 0 amide bonds. The van der Waals surface area contributed by atoms with Gasteiger partial charge in [0.2, 0.25) is 11.4 Å². The van der Waals surface area contributed by atoms with E-state index < -0.39 is 18.1 Å². The second-order valence-corrected chi connectivity index (χ2v) is 6.86. The zero-order valence-corrected chi connectivity index (χ0v) is 16.0. The van der Waals surface area contributed by atoms with Crippen molar-refractivity contribution in [1.82, 2.24) is 9.55 Å². The fourth-order valence-electron chi connectivity index (χ4n) is 3.17. The standard InChI is InChI=1S/C22H18N2O5/c1-13-7-8-14(2)16(9-13)17(25)11-28-19(26)10-24-12-23-20-15-5-3-4-6-18(15)29-21(20)22(24)27/h3-9,12H,10-11H2,1-2H3. The summed E-state index contributed by atoms with van der Waals surface area (Å²) in [6.07, 6.45) is 1.28. The molecule has 0 spiro atoms. The number of para-hydroxylation sites is 1. The molecule has 4 aromatic rings. The van der Waals surface area contributed by atoms with E-state index in [4.69, 9.17) is 9.15 Å². The van der Waals surface area contributed by atoms with Crippen LogP contribution in [-0.2, 0) is 16.1 Å². The number of furan rings is 1. The van der Waals surface area contributed by atoms with E-state index in [1.807, 2.05) is 38.1 Å².